The molecule has 0 radical (unpaired) electrons. The van der Waals surface area contributed by atoms with Crippen LogP contribution in [0.25, 0.3) is 15.7 Å². The first-order valence-electron chi connectivity index (χ1n) is 8.15. The molecule has 142 valence electrons. The van der Waals surface area contributed by atoms with E-state index in [-0.39, 0.29) is 35.6 Å². The second kappa shape index (κ2) is 7.66. The maximum absolute atomic E-state index is 14.0. The summed E-state index contributed by atoms with van der Waals surface area (Å²) >= 11 is 7.01. The van der Waals surface area contributed by atoms with Gasteiger partial charge >= 0.3 is 11.9 Å². The SMILES string of the molecule is CCOC(=O)Cc1csc2c(C(=O)OCC)c(=O)c3cc(F)c(Cl)cc3n12. The normalized spacial score (nSPS) is 11.1. The first-order chi connectivity index (χ1) is 12.9. The molecule has 0 unspecified atom stereocenters. The van der Waals surface area contributed by atoms with Crippen LogP contribution in [0.2, 0.25) is 5.02 Å². The van der Waals surface area contributed by atoms with Crippen molar-refractivity contribution in [1.82, 2.24) is 4.40 Å². The first kappa shape index (κ1) is 19.3. The van der Waals surface area contributed by atoms with Gasteiger partial charge in [-0.15, -0.1) is 11.3 Å². The molecule has 0 fully saturated rings. The van der Waals surface area contributed by atoms with E-state index in [0.29, 0.717) is 16.0 Å². The maximum Gasteiger partial charge on any atom is 0.345 e. The molecule has 2 aromatic heterocycles. The van der Waals surface area contributed by atoms with Crippen molar-refractivity contribution in [2.24, 2.45) is 0 Å². The summed E-state index contributed by atoms with van der Waals surface area (Å²) in [6.07, 6.45) is -0.0803. The van der Waals surface area contributed by atoms with Crippen molar-refractivity contribution in [1.29, 1.82) is 0 Å². The lowest BCUT2D eigenvalue weighted by atomic mass is 10.1. The molecule has 0 saturated heterocycles. The Labute approximate surface area is 162 Å². The maximum atomic E-state index is 14.0. The Bertz CT molecular complexity index is 1120. The molecule has 0 aliphatic carbocycles. The summed E-state index contributed by atoms with van der Waals surface area (Å²) in [5.74, 6) is -2.05. The van der Waals surface area contributed by atoms with Crippen molar-refractivity contribution in [3.63, 3.8) is 0 Å². The fourth-order valence-electron chi connectivity index (χ4n) is 2.79. The zero-order valence-corrected chi connectivity index (χ0v) is 16.1. The molecule has 0 aliphatic rings. The summed E-state index contributed by atoms with van der Waals surface area (Å²) in [6, 6.07) is 2.29. The lowest BCUT2D eigenvalue weighted by Crippen LogP contribution is -2.20. The minimum Gasteiger partial charge on any atom is -0.466 e. The van der Waals surface area contributed by atoms with E-state index in [0.717, 1.165) is 17.4 Å². The van der Waals surface area contributed by atoms with Gasteiger partial charge in [-0.25, -0.2) is 9.18 Å². The van der Waals surface area contributed by atoms with Crippen molar-refractivity contribution >= 4 is 50.6 Å². The summed E-state index contributed by atoms with van der Waals surface area (Å²) in [4.78, 5) is 37.4. The fourth-order valence-corrected chi connectivity index (χ4v) is 4.00. The van der Waals surface area contributed by atoms with E-state index in [4.69, 9.17) is 21.1 Å². The fraction of sp³-hybridized carbons (Fsp3) is 0.278. The van der Waals surface area contributed by atoms with Gasteiger partial charge in [0, 0.05) is 11.1 Å². The van der Waals surface area contributed by atoms with Gasteiger partial charge in [0.1, 0.15) is 16.2 Å². The number of fused-ring (bicyclic) bond motifs is 3. The molecule has 0 spiro atoms. The third-order valence-electron chi connectivity index (χ3n) is 3.87. The lowest BCUT2D eigenvalue weighted by Gasteiger charge is -2.11. The highest BCUT2D eigenvalue weighted by Crippen LogP contribution is 2.28. The molecule has 3 rings (SSSR count). The number of aromatic nitrogens is 1. The summed E-state index contributed by atoms with van der Waals surface area (Å²) in [7, 11) is 0. The smallest absolute Gasteiger partial charge is 0.345 e. The van der Waals surface area contributed by atoms with Gasteiger partial charge in [-0.2, -0.15) is 0 Å². The van der Waals surface area contributed by atoms with Crippen LogP contribution in [-0.4, -0.2) is 29.6 Å². The van der Waals surface area contributed by atoms with Gasteiger partial charge in [-0.1, -0.05) is 11.6 Å². The molecule has 6 nitrogen and oxygen atoms in total. The van der Waals surface area contributed by atoms with Crippen LogP contribution < -0.4 is 5.43 Å². The highest BCUT2D eigenvalue weighted by molar-refractivity contribution is 7.16. The quantitative estimate of drug-likeness (QED) is 0.600. The number of nitrogens with zero attached hydrogens (tertiary/aromatic N) is 1. The summed E-state index contributed by atoms with van der Waals surface area (Å²) in [5, 5.41) is 1.44. The first-order valence-corrected chi connectivity index (χ1v) is 9.41. The van der Waals surface area contributed by atoms with E-state index < -0.39 is 23.2 Å². The molecule has 0 amide bonds. The second-order valence-electron chi connectivity index (χ2n) is 5.56. The Kier molecular flexibility index (Phi) is 5.48. The lowest BCUT2D eigenvalue weighted by molar-refractivity contribution is -0.142. The van der Waals surface area contributed by atoms with Gasteiger partial charge in [0.25, 0.3) is 0 Å². The number of hydrogen-bond acceptors (Lipinski definition) is 6. The van der Waals surface area contributed by atoms with E-state index in [1.165, 1.54) is 6.07 Å². The van der Waals surface area contributed by atoms with E-state index in [9.17, 15) is 18.8 Å². The van der Waals surface area contributed by atoms with Crippen LogP contribution in [0.5, 0.6) is 0 Å². The Hall–Kier alpha value is -2.45. The van der Waals surface area contributed by atoms with Crippen LogP contribution in [0, 0.1) is 5.82 Å². The number of hydrogen-bond donors (Lipinski definition) is 0. The highest BCUT2D eigenvalue weighted by atomic mass is 35.5. The third kappa shape index (κ3) is 3.42. The zero-order chi connectivity index (χ0) is 19.7. The molecular formula is C18H15ClFNO5S. The minimum absolute atomic E-state index is 0.0269. The molecule has 0 N–H and O–H groups in total. The minimum atomic E-state index is -0.804. The third-order valence-corrected chi connectivity index (χ3v) is 5.16. The van der Waals surface area contributed by atoms with Crippen molar-refractivity contribution in [3.05, 3.63) is 49.8 Å². The molecule has 0 bridgehead atoms. The van der Waals surface area contributed by atoms with E-state index in [1.807, 2.05) is 0 Å². The average Bonchev–Trinajstić information content (AvgIpc) is 3.00. The van der Waals surface area contributed by atoms with Crippen molar-refractivity contribution < 1.29 is 23.5 Å². The number of ether oxygens (including phenoxy) is 2. The monoisotopic (exact) mass is 411 g/mol. The number of benzene rings is 1. The summed E-state index contributed by atoms with van der Waals surface area (Å²) in [6.45, 7) is 3.62. The molecule has 1 aromatic carbocycles. The predicted octanol–water partition coefficient (Wildman–Crippen LogP) is 3.59. The van der Waals surface area contributed by atoms with E-state index in [2.05, 4.69) is 0 Å². The van der Waals surface area contributed by atoms with Crippen LogP contribution in [0.3, 0.4) is 0 Å². The van der Waals surface area contributed by atoms with Crippen molar-refractivity contribution in [2.45, 2.75) is 20.3 Å². The Morgan fingerprint density at radius 2 is 1.93 bits per heavy atom. The molecule has 27 heavy (non-hydrogen) atoms. The van der Waals surface area contributed by atoms with Gasteiger partial charge < -0.3 is 13.9 Å². The van der Waals surface area contributed by atoms with E-state index >= 15 is 0 Å². The van der Waals surface area contributed by atoms with Gasteiger partial charge in [0.05, 0.1) is 35.6 Å². The Morgan fingerprint density at radius 3 is 2.59 bits per heavy atom. The zero-order valence-electron chi connectivity index (χ0n) is 14.5. The van der Waals surface area contributed by atoms with Gasteiger partial charge in [0.15, 0.2) is 0 Å². The average molecular weight is 412 g/mol. The van der Waals surface area contributed by atoms with E-state index in [1.54, 1.807) is 23.6 Å². The number of pyridine rings is 1. The molecular weight excluding hydrogens is 397 g/mol. The van der Waals surface area contributed by atoms with Crippen LogP contribution >= 0.6 is 22.9 Å². The number of rotatable bonds is 5. The molecule has 3 aromatic rings. The number of carbonyl (C=O) groups excluding carboxylic acids is 2. The van der Waals surface area contributed by atoms with Crippen LogP contribution in [0.1, 0.15) is 29.9 Å². The number of halogens is 2. The highest BCUT2D eigenvalue weighted by Gasteiger charge is 2.24. The number of esters is 2. The second-order valence-corrected chi connectivity index (χ2v) is 6.82. The van der Waals surface area contributed by atoms with Crippen molar-refractivity contribution in [3.8, 4) is 0 Å². The molecule has 0 atom stereocenters. The van der Waals surface area contributed by atoms with Gasteiger partial charge in [0.2, 0.25) is 5.43 Å². The van der Waals surface area contributed by atoms with Gasteiger partial charge in [-0.3, -0.25) is 9.59 Å². The molecule has 0 saturated carbocycles. The topological polar surface area (TPSA) is 74.1 Å². The predicted molar refractivity (Wildman–Crippen MR) is 100 cm³/mol. The Morgan fingerprint density at radius 1 is 1.22 bits per heavy atom. The van der Waals surface area contributed by atoms with Crippen LogP contribution in [-0.2, 0) is 20.7 Å². The van der Waals surface area contributed by atoms with Crippen molar-refractivity contribution in [2.75, 3.05) is 13.2 Å². The standard InChI is InChI=1S/C18H15ClFNO5S/c1-3-25-14(22)5-9-8-27-17-15(18(24)26-4-2)16(23)10-6-12(20)11(19)7-13(10)21(9)17/h6-8H,3-5H2,1-2H3. The molecule has 0 aliphatic heterocycles. The number of carbonyl (C=O) groups is 2. The number of thiazole rings is 1. The largest absolute Gasteiger partial charge is 0.466 e. The van der Waals surface area contributed by atoms with Crippen LogP contribution in [0.15, 0.2) is 22.3 Å². The molecule has 2 heterocycles. The molecule has 9 heteroatoms. The summed E-state index contributed by atoms with van der Waals surface area (Å²) < 4.78 is 25.5. The Balaban J connectivity index is 2.39. The van der Waals surface area contributed by atoms with Crippen LogP contribution in [0.4, 0.5) is 4.39 Å². The summed E-state index contributed by atoms with van der Waals surface area (Å²) in [5.41, 5.74) is -0.0589. The van der Waals surface area contributed by atoms with Gasteiger partial charge in [-0.05, 0) is 26.0 Å².